The van der Waals surface area contributed by atoms with E-state index in [4.69, 9.17) is 17.3 Å². The molecule has 0 aromatic heterocycles. The summed E-state index contributed by atoms with van der Waals surface area (Å²) in [6.07, 6.45) is 0. The first-order valence-corrected chi connectivity index (χ1v) is 7.09. The maximum absolute atomic E-state index is 11.7. The smallest absolute Gasteiger partial charge is 0.234 e. The molecule has 1 amide bonds. The monoisotopic (exact) mass is 287 g/mol. The number of halogens is 1. The minimum absolute atomic E-state index is 0.0637. The van der Waals surface area contributed by atoms with E-state index in [9.17, 15) is 4.79 Å². The van der Waals surface area contributed by atoms with E-state index in [0.29, 0.717) is 22.2 Å². The lowest BCUT2D eigenvalue weighted by Crippen LogP contribution is -2.18. The molecule has 0 bridgehead atoms. The first-order valence-electron chi connectivity index (χ1n) is 5.56. The van der Waals surface area contributed by atoms with E-state index in [1.165, 1.54) is 0 Å². The summed E-state index contributed by atoms with van der Waals surface area (Å²) in [6, 6.07) is 5.03. The van der Waals surface area contributed by atoms with E-state index >= 15 is 0 Å². The van der Waals surface area contributed by atoms with Gasteiger partial charge in [0.1, 0.15) is 0 Å². The fraction of sp³-hybridized carbons (Fsp3) is 0.417. The summed E-state index contributed by atoms with van der Waals surface area (Å²) in [5.41, 5.74) is 6.78. The van der Waals surface area contributed by atoms with Crippen molar-refractivity contribution in [3.05, 3.63) is 23.2 Å². The molecule has 0 fully saturated rings. The van der Waals surface area contributed by atoms with Crippen molar-refractivity contribution in [2.24, 2.45) is 0 Å². The second-order valence-corrected chi connectivity index (χ2v) is 5.66. The maximum atomic E-state index is 11.7. The van der Waals surface area contributed by atoms with Crippen LogP contribution in [0.4, 0.5) is 11.4 Å². The Morgan fingerprint density at radius 3 is 2.89 bits per heavy atom. The van der Waals surface area contributed by atoms with E-state index < -0.39 is 0 Å². The molecular weight excluding hydrogens is 270 g/mol. The van der Waals surface area contributed by atoms with Crippen LogP contribution in [0.1, 0.15) is 0 Å². The third-order valence-corrected chi connectivity index (χ3v) is 3.45. The largest absolute Gasteiger partial charge is 0.399 e. The predicted octanol–water partition coefficient (Wildman–Crippen LogP) is 2.16. The average Bonchev–Trinajstić information content (AvgIpc) is 2.29. The molecule has 4 nitrogen and oxygen atoms in total. The van der Waals surface area contributed by atoms with Crippen LogP contribution in [0.25, 0.3) is 0 Å². The van der Waals surface area contributed by atoms with Crippen LogP contribution >= 0.6 is 23.4 Å². The molecular formula is C12H18ClN3OS. The molecule has 1 aromatic rings. The predicted molar refractivity (Wildman–Crippen MR) is 80.4 cm³/mol. The fourth-order valence-corrected chi connectivity index (χ4v) is 2.30. The number of carbonyl (C=O) groups is 1. The molecule has 0 aliphatic heterocycles. The standard InChI is InChI=1S/C12H18ClN3OS/c1-16(2)5-6-18-8-12(17)15-11-7-9(14)3-4-10(11)13/h3-4,7H,5-6,8,14H2,1-2H3,(H,15,17). The Bertz CT molecular complexity index is 412. The van der Waals surface area contributed by atoms with Crippen molar-refractivity contribution in [2.45, 2.75) is 0 Å². The van der Waals surface area contributed by atoms with Crippen LogP contribution < -0.4 is 11.1 Å². The second kappa shape index (κ2) is 7.51. The highest BCUT2D eigenvalue weighted by Gasteiger charge is 2.06. The highest BCUT2D eigenvalue weighted by Crippen LogP contribution is 2.24. The normalized spacial score (nSPS) is 10.7. The number of carbonyl (C=O) groups excluding carboxylic acids is 1. The molecule has 1 aromatic carbocycles. The highest BCUT2D eigenvalue weighted by atomic mass is 35.5. The van der Waals surface area contributed by atoms with Crippen molar-refractivity contribution >= 4 is 40.6 Å². The van der Waals surface area contributed by atoms with Gasteiger partial charge in [-0.25, -0.2) is 0 Å². The van der Waals surface area contributed by atoms with Crippen LogP contribution in [0, 0.1) is 0 Å². The van der Waals surface area contributed by atoms with Gasteiger partial charge in [-0.2, -0.15) is 11.8 Å². The third kappa shape index (κ3) is 5.62. The third-order valence-electron chi connectivity index (χ3n) is 2.18. The number of hydrogen-bond acceptors (Lipinski definition) is 4. The zero-order valence-electron chi connectivity index (χ0n) is 10.6. The van der Waals surface area contributed by atoms with Gasteiger partial charge in [-0.3, -0.25) is 4.79 Å². The Morgan fingerprint density at radius 1 is 1.50 bits per heavy atom. The molecule has 1 rings (SSSR count). The van der Waals surface area contributed by atoms with Crippen LogP contribution in [0.5, 0.6) is 0 Å². The van der Waals surface area contributed by atoms with Crippen molar-refractivity contribution in [3.63, 3.8) is 0 Å². The van der Waals surface area contributed by atoms with Crippen LogP contribution in [0.15, 0.2) is 18.2 Å². The lowest BCUT2D eigenvalue weighted by atomic mass is 10.3. The zero-order valence-corrected chi connectivity index (χ0v) is 12.1. The number of nitrogens with two attached hydrogens (primary N) is 1. The van der Waals surface area contributed by atoms with E-state index in [2.05, 4.69) is 10.2 Å². The van der Waals surface area contributed by atoms with Crippen molar-refractivity contribution < 1.29 is 4.79 Å². The van der Waals surface area contributed by atoms with Crippen LogP contribution in [0.3, 0.4) is 0 Å². The molecule has 18 heavy (non-hydrogen) atoms. The van der Waals surface area contributed by atoms with Crippen molar-refractivity contribution in [2.75, 3.05) is 43.2 Å². The molecule has 100 valence electrons. The summed E-state index contributed by atoms with van der Waals surface area (Å²) < 4.78 is 0. The Hall–Kier alpha value is -0.910. The van der Waals surface area contributed by atoms with E-state index in [1.54, 1.807) is 30.0 Å². The van der Waals surface area contributed by atoms with Crippen LogP contribution in [-0.4, -0.2) is 43.0 Å². The Labute approximate surface area is 117 Å². The number of amides is 1. The molecule has 6 heteroatoms. The molecule has 0 unspecified atom stereocenters. The fourth-order valence-electron chi connectivity index (χ4n) is 1.24. The first kappa shape index (κ1) is 15.1. The van der Waals surface area contributed by atoms with Crippen LogP contribution in [0.2, 0.25) is 5.02 Å². The van der Waals surface area contributed by atoms with Gasteiger partial charge in [-0.05, 0) is 32.3 Å². The molecule has 0 aliphatic carbocycles. The van der Waals surface area contributed by atoms with Gasteiger partial charge in [0, 0.05) is 18.0 Å². The van der Waals surface area contributed by atoms with Crippen LogP contribution in [-0.2, 0) is 4.79 Å². The van der Waals surface area contributed by atoms with E-state index in [-0.39, 0.29) is 5.91 Å². The number of rotatable bonds is 6. The quantitative estimate of drug-likeness (QED) is 0.622. The second-order valence-electron chi connectivity index (χ2n) is 4.14. The summed E-state index contributed by atoms with van der Waals surface area (Å²) in [6.45, 7) is 0.955. The summed E-state index contributed by atoms with van der Waals surface area (Å²) >= 11 is 7.55. The van der Waals surface area contributed by atoms with Gasteiger partial charge in [0.15, 0.2) is 0 Å². The van der Waals surface area contributed by atoms with Crippen molar-refractivity contribution in [1.82, 2.24) is 4.90 Å². The van der Waals surface area contributed by atoms with Gasteiger partial charge < -0.3 is 16.0 Å². The van der Waals surface area contributed by atoms with Gasteiger partial charge in [0.05, 0.1) is 16.5 Å². The summed E-state index contributed by atoms with van der Waals surface area (Å²) in [4.78, 5) is 13.8. The number of nitrogens with zero attached hydrogens (tertiary/aromatic N) is 1. The number of anilines is 2. The lowest BCUT2D eigenvalue weighted by molar-refractivity contribution is -0.113. The minimum Gasteiger partial charge on any atom is -0.399 e. The molecule has 3 N–H and O–H groups in total. The number of nitrogens with one attached hydrogen (secondary N) is 1. The topological polar surface area (TPSA) is 58.4 Å². The number of benzene rings is 1. The molecule has 0 saturated carbocycles. The Kier molecular flexibility index (Phi) is 6.32. The molecule has 0 aliphatic rings. The average molecular weight is 288 g/mol. The molecule has 0 saturated heterocycles. The van der Waals surface area contributed by atoms with E-state index in [0.717, 1.165) is 12.3 Å². The molecule has 0 radical (unpaired) electrons. The Morgan fingerprint density at radius 2 is 2.22 bits per heavy atom. The maximum Gasteiger partial charge on any atom is 0.234 e. The van der Waals surface area contributed by atoms with Crippen molar-refractivity contribution in [3.8, 4) is 0 Å². The Balaban J connectivity index is 2.38. The zero-order chi connectivity index (χ0) is 13.5. The number of hydrogen-bond donors (Lipinski definition) is 2. The van der Waals surface area contributed by atoms with Gasteiger partial charge in [-0.15, -0.1) is 0 Å². The highest BCUT2D eigenvalue weighted by molar-refractivity contribution is 7.99. The molecule has 0 heterocycles. The van der Waals surface area contributed by atoms with Gasteiger partial charge in [0.25, 0.3) is 0 Å². The summed E-state index contributed by atoms with van der Waals surface area (Å²) in [5, 5.41) is 3.25. The molecule has 0 atom stereocenters. The lowest BCUT2D eigenvalue weighted by Gasteiger charge is -2.10. The van der Waals surface area contributed by atoms with Crippen molar-refractivity contribution in [1.29, 1.82) is 0 Å². The van der Waals surface area contributed by atoms with Gasteiger partial charge in [0.2, 0.25) is 5.91 Å². The number of thioether (sulfide) groups is 1. The number of nitrogen functional groups attached to an aromatic ring is 1. The van der Waals surface area contributed by atoms with Gasteiger partial charge in [-0.1, -0.05) is 11.6 Å². The van der Waals surface area contributed by atoms with E-state index in [1.807, 2.05) is 14.1 Å². The molecule has 0 spiro atoms. The minimum atomic E-state index is -0.0637. The van der Waals surface area contributed by atoms with Gasteiger partial charge >= 0.3 is 0 Å². The first-order chi connectivity index (χ1) is 8.49. The summed E-state index contributed by atoms with van der Waals surface area (Å²) in [5.74, 6) is 1.27. The SMILES string of the molecule is CN(C)CCSCC(=O)Nc1cc(N)ccc1Cl. The summed E-state index contributed by atoms with van der Waals surface area (Å²) in [7, 11) is 4.01.